The Morgan fingerprint density at radius 3 is 1.48 bits per heavy atom. The van der Waals surface area contributed by atoms with Gasteiger partial charge in [-0.25, -0.2) is 0 Å². The quantitative estimate of drug-likeness (QED) is 0.0263. The van der Waals surface area contributed by atoms with E-state index in [4.69, 9.17) is 14.2 Å². The Labute approximate surface area is 344 Å². The summed E-state index contributed by atoms with van der Waals surface area (Å²) < 4.78 is 17.2. The predicted octanol–water partition coefficient (Wildman–Crippen LogP) is 11.3. The number of aliphatic carboxylic acids is 1. The maximum Gasteiger partial charge on any atom is 0.306 e. The summed E-state index contributed by atoms with van der Waals surface area (Å²) in [5.74, 6) is -1.74. The van der Waals surface area contributed by atoms with E-state index in [1.807, 2.05) is 0 Å². The number of carbonyl (C=O) groups excluding carboxylic acids is 3. The maximum atomic E-state index is 12.7. The Balaban J connectivity index is 4.20. The largest absolute Gasteiger partial charge is 0.544 e. The van der Waals surface area contributed by atoms with Crippen molar-refractivity contribution in [2.24, 2.45) is 0 Å². The summed E-state index contributed by atoms with van der Waals surface area (Å²) in [5.41, 5.74) is 0. The fourth-order valence-corrected chi connectivity index (χ4v) is 6.68. The smallest absolute Gasteiger partial charge is 0.306 e. The molecule has 0 aliphatic rings. The highest BCUT2D eigenvalue weighted by Gasteiger charge is 2.25. The molecule has 326 valence electrons. The molecule has 0 aromatic carbocycles. The van der Waals surface area contributed by atoms with E-state index in [2.05, 4.69) is 50.3 Å². The van der Waals surface area contributed by atoms with Gasteiger partial charge in [-0.15, -0.1) is 0 Å². The van der Waals surface area contributed by atoms with Crippen molar-refractivity contribution in [3.8, 4) is 0 Å². The molecule has 0 saturated carbocycles. The number of esters is 2. The molecule has 0 amide bonds. The lowest BCUT2D eigenvalue weighted by Gasteiger charge is -2.34. The molecule has 0 aromatic rings. The molecular weight excluding hydrogens is 703 g/mol. The van der Waals surface area contributed by atoms with Crippen LogP contribution in [0.1, 0.15) is 200 Å². The summed E-state index contributed by atoms with van der Waals surface area (Å²) in [6.45, 7) is 4.52. The molecule has 0 aromatic heterocycles. The molecule has 0 aliphatic carbocycles. The number of hydrogen-bond acceptors (Lipinski definition) is 7. The molecule has 0 heterocycles. The minimum Gasteiger partial charge on any atom is -0.544 e. The van der Waals surface area contributed by atoms with Gasteiger partial charge in [0, 0.05) is 19.3 Å². The molecule has 56 heavy (non-hydrogen) atoms. The standard InChI is InChI=1S/C48H87NO7/c1-6-8-10-12-14-16-18-19-20-21-22-23-24-25-26-27-29-30-32-34-36-38-46(50)55-43-44(42-54-41-40-45(48(52)53)49(3,4)5)56-47(51)39-37-35-33-31-28-17-15-13-11-9-7-2/h8,10,13-16,44-45H,6-7,9,11-12,17-43H2,1-5H3/b10-8+,15-13+,16-14+. The fraction of sp³-hybridized carbons (Fsp3) is 0.812. The van der Waals surface area contributed by atoms with Crippen molar-refractivity contribution in [3.05, 3.63) is 36.5 Å². The van der Waals surface area contributed by atoms with E-state index < -0.39 is 18.1 Å². The van der Waals surface area contributed by atoms with Gasteiger partial charge >= 0.3 is 11.9 Å². The van der Waals surface area contributed by atoms with Gasteiger partial charge in [0.2, 0.25) is 0 Å². The number of hydrogen-bond donors (Lipinski definition) is 0. The zero-order valence-corrected chi connectivity index (χ0v) is 37.1. The van der Waals surface area contributed by atoms with Crippen LogP contribution in [0.3, 0.4) is 0 Å². The Bertz CT molecular complexity index is 1020. The van der Waals surface area contributed by atoms with Crippen LogP contribution < -0.4 is 5.11 Å². The van der Waals surface area contributed by atoms with Crippen LogP contribution in [0.2, 0.25) is 0 Å². The first-order valence-corrected chi connectivity index (χ1v) is 23.0. The molecule has 2 unspecified atom stereocenters. The summed E-state index contributed by atoms with van der Waals surface area (Å²) in [5, 5.41) is 11.6. The fourth-order valence-electron chi connectivity index (χ4n) is 6.68. The van der Waals surface area contributed by atoms with Crippen molar-refractivity contribution in [1.29, 1.82) is 0 Å². The van der Waals surface area contributed by atoms with Crippen molar-refractivity contribution in [3.63, 3.8) is 0 Å². The average molecular weight is 790 g/mol. The van der Waals surface area contributed by atoms with E-state index >= 15 is 0 Å². The van der Waals surface area contributed by atoms with Gasteiger partial charge in [0.1, 0.15) is 12.6 Å². The van der Waals surface area contributed by atoms with Gasteiger partial charge in [0.15, 0.2) is 6.10 Å². The van der Waals surface area contributed by atoms with Crippen molar-refractivity contribution in [2.45, 2.75) is 212 Å². The van der Waals surface area contributed by atoms with Crippen LogP contribution in [-0.4, -0.2) is 75.5 Å². The Morgan fingerprint density at radius 1 is 0.554 bits per heavy atom. The van der Waals surface area contributed by atoms with Crippen LogP contribution in [0.5, 0.6) is 0 Å². The van der Waals surface area contributed by atoms with E-state index in [9.17, 15) is 19.5 Å². The molecule has 2 atom stereocenters. The number of carboxylic acids is 1. The summed E-state index contributed by atoms with van der Waals surface area (Å²) in [7, 11) is 5.40. The first-order valence-electron chi connectivity index (χ1n) is 23.0. The lowest BCUT2D eigenvalue weighted by molar-refractivity contribution is -0.889. The van der Waals surface area contributed by atoms with E-state index in [1.165, 1.54) is 103 Å². The number of rotatable bonds is 41. The van der Waals surface area contributed by atoms with Gasteiger partial charge in [-0.05, 0) is 57.8 Å². The average Bonchev–Trinajstić information content (AvgIpc) is 3.15. The SMILES string of the molecule is CC/C=C/C/C=C/CCCCCCCCCCCCCCCCC(=O)OCC(COCCC(C(=O)[O-])[N+](C)(C)C)OC(=O)CCCCCCC/C=C/CCCC. The van der Waals surface area contributed by atoms with E-state index in [-0.39, 0.29) is 42.7 Å². The van der Waals surface area contributed by atoms with E-state index in [0.717, 1.165) is 64.2 Å². The topological polar surface area (TPSA) is 102 Å². The number of nitrogens with zero attached hydrogens (tertiary/aromatic N) is 1. The van der Waals surface area contributed by atoms with Gasteiger partial charge in [-0.2, -0.15) is 0 Å². The second kappa shape index (κ2) is 39.4. The number of carbonyl (C=O) groups is 3. The van der Waals surface area contributed by atoms with Gasteiger partial charge in [-0.1, -0.05) is 159 Å². The first-order chi connectivity index (χ1) is 27.1. The number of allylic oxidation sites excluding steroid dienone is 6. The molecule has 0 bridgehead atoms. The van der Waals surface area contributed by atoms with Gasteiger partial charge in [0.05, 0.1) is 40.3 Å². The molecule has 0 radical (unpaired) electrons. The van der Waals surface area contributed by atoms with Crippen molar-refractivity contribution >= 4 is 17.9 Å². The van der Waals surface area contributed by atoms with Gasteiger partial charge in [-0.3, -0.25) is 9.59 Å². The summed E-state index contributed by atoms with van der Waals surface area (Å²) in [6, 6.07) is -0.725. The van der Waals surface area contributed by atoms with Crippen LogP contribution in [0.15, 0.2) is 36.5 Å². The minimum absolute atomic E-state index is 0.0392. The number of unbranched alkanes of at least 4 members (excludes halogenated alkanes) is 21. The number of ether oxygens (including phenoxy) is 3. The third-order valence-corrected chi connectivity index (χ3v) is 10.3. The molecule has 0 saturated heterocycles. The second-order valence-electron chi connectivity index (χ2n) is 16.6. The minimum atomic E-state index is -1.13. The molecule has 8 nitrogen and oxygen atoms in total. The lowest BCUT2D eigenvalue weighted by Crippen LogP contribution is -2.55. The number of quaternary nitrogens is 1. The van der Waals surface area contributed by atoms with Crippen LogP contribution >= 0.6 is 0 Å². The highest BCUT2D eigenvalue weighted by atomic mass is 16.6. The van der Waals surface area contributed by atoms with Gasteiger partial charge in [0.25, 0.3) is 0 Å². The molecule has 0 spiro atoms. The zero-order valence-electron chi connectivity index (χ0n) is 37.1. The van der Waals surface area contributed by atoms with Crippen molar-refractivity contribution < 1.29 is 38.2 Å². The second-order valence-corrected chi connectivity index (χ2v) is 16.6. The Kier molecular flexibility index (Phi) is 37.7. The van der Waals surface area contributed by atoms with Crippen LogP contribution in [0, 0.1) is 0 Å². The van der Waals surface area contributed by atoms with Gasteiger partial charge < -0.3 is 28.6 Å². The maximum absolute atomic E-state index is 12.7. The Hall–Kier alpha value is -2.45. The molecule has 0 N–H and O–H groups in total. The molecule has 0 rings (SSSR count). The van der Waals surface area contributed by atoms with Crippen LogP contribution in [0.25, 0.3) is 0 Å². The van der Waals surface area contributed by atoms with E-state index in [0.29, 0.717) is 12.8 Å². The van der Waals surface area contributed by atoms with Crippen LogP contribution in [0.4, 0.5) is 0 Å². The molecule has 8 heteroatoms. The molecule has 0 aliphatic heterocycles. The third-order valence-electron chi connectivity index (χ3n) is 10.3. The molecule has 0 fully saturated rings. The summed E-state index contributed by atoms with van der Waals surface area (Å²) in [6.07, 6.45) is 44.6. The van der Waals surface area contributed by atoms with Crippen molar-refractivity contribution in [2.75, 3.05) is 41.0 Å². The first kappa shape index (κ1) is 53.6. The van der Waals surface area contributed by atoms with E-state index in [1.54, 1.807) is 21.1 Å². The lowest BCUT2D eigenvalue weighted by atomic mass is 10.0. The third kappa shape index (κ3) is 37.1. The highest BCUT2D eigenvalue weighted by Crippen LogP contribution is 2.15. The normalized spacial score (nSPS) is 13.2. The predicted molar refractivity (Wildman–Crippen MR) is 231 cm³/mol. The van der Waals surface area contributed by atoms with Crippen molar-refractivity contribution in [1.82, 2.24) is 0 Å². The zero-order chi connectivity index (χ0) is 41.4. The number of likely N-dealkylation sites (N-methyl/N-ethyl adjacent to an activating group) is 1. The van der Waals surface area contributed by atoms with Crippen LogP contribution in [-0.2, 0) is 28.6 Å². The number of carboxylic acid groups (broad SMARTS) is 1. The Morgan fingerprint density at radius 2 is 1.00 bits per heavy atom. The highest BCUT2D eigenvalue weighted by molar-refractivity contribution is 5.70. The summed E-state index contributed by atoms with van der Waals surface area (Å²) in [4.78, 5) is 36.8. The molecular formula is C48H87NO7. The summed E-state index contributed by atoms with van der Waals surface area (Å²) >= 11 is 0. The monoisotopic (exact) mass is 790 g/mol.